The fourth-order valence-corrected chi connectivity index (χ4v) is 0.397. The third-order valence-electron chi connectivity index (χ3n) is 0.856. The topological polar surface area (TPSA) is 17.1 Å². The summed E-state index contributed by atoms with van der Waals surface area (Å²) in [5, 5.41) is 0. The average Bonchev–Trinajstić information content (AvgIpc) is 2.03. The van der Waals surface area contributed by atoms with E-state index in [9.17, 15) is 4.79 Å². The van der Waals surface area contributed by atoms with Gasteiger partial charge in [-0.2, -0.15) is 0 Å². The van der Waals surface area contributed by atoms with Crippen LogP contribution in [-0.2, 0) is 4.79 Å². The predicted molar refractivity (Wildman–Crippen MR) is 45.7 cm³/mol. The molecule has 11 heavy (non-hydrogen) atoms. The fourth-order valence-electron chi connectivity index (χ4n) is 0.397. The van der Waals surface area contributed by atoms with Crippen molar-refractivity contribution in [2.45, 2.75) is 19.8 Å². The summed E-state index contributed by atoms with van der Waals surface area (Å²) < 4.78 is 0. The summed E-state index contributed by atoms with van der Waals surface area (Å²) in [7, 11) is 0. The molecule has 0 aromatic carbocycles. The van der Waals surface area contributed by atoms with Crippen molar-refractivity contribution in [1.82, 2.24) is 0 Å². The minimum absolute atomic E-state index is 0.689. The molecule has 0 bridgehead atoms. The highest BCUT2D eigenvalue weighted by Crippen LogP contribution is 1.79. The van der Waals surface area contributed by atoms with E-state index < -0.39 is 0 Å². The Labute approximate surface area is 67.5 Å². The highest BCUT2D eigenvalue weighted by atomic mass is 16.1. The van der Waals surface area contributed by atoms with Crippen LogP contribution in [-0.4, -0.2) is 6.29 Å². The number of aldehydes is 1. The lowest BCUT2D eigenvalue weighted by Crippen LogP contribution is -1.60. The molecule has 0 heterocycles. The molecule has 0 fully saturated rings. The van der Waals surface area contributed by atoms with Crippen LogP contribution in [0.15, 0.2) is 12.2 Å². The van der Waals surface area contributed by atoms with Crippen molar-refractivity contribution >= 4 is 6.29 Å². The van der Waals surface area contributed by atoms with Crippen LogP contribution >= 0.6 is 0 Å². The summed E-state index contributed by atoms with van der Waals surface area (Å²) in [5.41, 5.74) is 0. The van der Waals surface area contributed by atoms with Crippen molar-refractivity contribution < 1.29 is 4.79 Å². The van der Waals surface area contributed by atoms with E-state index in [2.05, 4.69) is 30.6 Å². The minimum atomic E-state index is 0.689. The quantitative estimate of drug-likeness (QED) is 0.328. The maximum atomic E-state index is 9.75. The number of hydrogen-bond acceptors (Lipinski definition) is 1. The Bertz CT molecular complexity index is 240. The molecule has 0 rings (SSSR count). The Balaban J connectivity index is 3.65. The van der Waals surface area contributed by atoms with Gasteiger partial charge in [-0.05, 0) is 30.4 Å². The van der Waals surface area contributed by atoms with Crippen molar-refractivity contribution in [2.75, 3.05) is 0 Å². The van der Waals surface area contributed by atoms with Gasteiger partial charge >= 0.3 is 0 Å². The normalized spacial score (nSPS) is 7.73. The molecule has 56 valence electrons. The summed E-state index contributed by atoms with van der Waals surface area (Å²) in [6.07, 6.45) is 5.45. The Hall–Kier alpha value is -1.47. The third kappa shape index (κ3) is 8.53. The van der Waals surface area contributed by atoms with Gasteiger partial charge in [0.2, 0.25) is 0 Å². The van der Waals surface area contributed by atoms with Crippen LogP contribution in [0, 0.1) is 23.7 Å². The second-order valence-corrected chi connectivity index (χ2v) is 1.82. The Kier molecular flexibility index (Phi) is 7.39. The molecule has 0 aromatic rings. The highest BCUT2D eigenvalue weighted by Gasteiger charge is 1.66. The summed E-state index contributed by atoms with van der Waals surface area (Å²) in [5.74, 6) is 10.7. The van der Waals surface area contributed by atoms with Gasteiger partial charge < -0.3 is 0 Å². The summed E-state index contributed by atoms with van der Waals surface area (Å²) >= 11 is 0. The number of rotatable bonds is 2. The standard InChI is InChI=1S/C10H10O/c1-2-3-4-5-6-7-8-9-10-11/h8-10H,2-3H2,1H3. The first kappa shape index (κ1) is 9.53. The van der Waals surface area contributed by atoms with Crippen LogP contribution in [0.4, 0.5) is 0 Å². The summed E-state index contributed by atoms with van der Waals surface area (Å²) in [4.78, 5) is 9.75. The third-order valence-corrected chi connectivity index (χ3v) is 0.856. The van der Waals surface area contributed by atoms with Gasteiger partial charge in [-0.1, -0.05) is 18.8 Å². The maximum Gasteiger partial charge on any atom is 0.143 e. The molecule has 1 heteroatoms. The van der Waals surface area contributed by atoms with Gasteiger partial charge in [-0.3, -0.25) is 4.79 Å². The molecule has 0 aliphatic rings. The molecule has 0 amide bonds. The second kappa shape index (κ2) is 8.53. The fraction of sp³-hybridized carbons (Fsp3) is 0.300. The van der Waals surface area contributed by atoms with Gasteiger partial charge in [0.15, 0.2) is 0 Å². The van der Waals surface area contributed by atoms with Crippen LogP contribution < -0.4 is 0 Å². The van der Waals surface area contributed by atoms with Gasteiger partial charge in [0.25, 0.3) is 0 Å². The lowest BCUT2D eigenvalue weighted by molar-refractivity contribution is -0.104. The van der Waals surface area contributed by atoms with Crippen molar-refractivity contribution in [2.24, 2.45) is 0 Å². The second-order valence-electron chi connectivity index (χ2n) is 1.82. The Morgan fingerprint density at radius 3 is 2.82 bits per heavy atom. The first-order valence-corrected chi connectivity index (χ1v) is 3.50. The maximum absolute atomic E-state index is 9.75. The molecular formula is C10H10O. The number of carbonyl (C=O) groups is 1. The Morgan fingerprint density at radius 2 is 2.18 bits per heavy atom. The molecule has 0 aliphatic heterocycles. The zero-order valence-electron chi connectivity index (χ0n) is 6.55. The zero-order valence-corrected chi connectivity index (χ0v) is 6.55. The monoisotopic (exact) mass is 146 g/mol. The van der Waals surface area contributed by atoms with Crippen LogP contribution in [0.2, 0.25) is 0 Å². The Morgan fingerprint density at radius 1 is 1.36 bits per heavy atom. The van der Waals surface area contributed by atoms with Crippen molar-refractivity contribution in [3.63, 3.8) is 0 Å². The molecule has 0 spiro atoms. The van der Waals surface area contributed by atoms with Crippen LogP contribution in [0.5, 0.6) is 0 Å². The van der Waals surface area contributed by atoms with Gasteiger partial charge in [-0.25, -0.2) is 0 Å². The molecule has 0 radical (unpaired) electrons. The van der Waals surface area contributed by atoms with Crippen molar-refractivity contribution in [3.05, 3.63) is 12.2 Å². The molecule has 0 unspecified atom stereocenters. The molecular weight excluding hydrogens is 136 g/mol. The van der Waals surface area contributed by atoms with Crippen molar-refractivity contribution in [3.8, 4) is 23.7 Å². The summed E-state index contributed by atoms with van der Waals surface area (Å²) in [6, 6.07) is 0. The van der Waals surface area contributed by atoms with Gasteiger partial charge in [0.1, 0.15) is 6.29 Å². The number of carbonyl (C=O) groups excluding carboxylic acids is 1. The molecule has 0 saturated carbocycles. The van der Waals surface area contributed by atoms with Crippen LogP contribution in [0.25, 0.3) is 0 Å². The van der Waals surface area contributed by atoms with E-state index in [0.29, 0.717) is 6.29 Å². The molecule has 0 aliphatic carbocycles. The number of allylic oxidation sites excluding steroid dienone is 2. The van der Waals surface area contributed by atoms with E-state index in [1.54, 1.807) is 0 Å². The molecule has 1 nitrogen and oxygen atoms in total. The van der Waals surface area contributed by atoms with E-state index in [4.69, 9.17) is 0 Å². The van der Waals surface area contributed by atoms with Gasteiger partial charge in [0.05, 0.1) is 0 Å². The molecule has 0 N–H and O–H groups in total. The van der Waals surface area contributed by atoms with Crippen LogP contribution in [0.3, 0.4) is 0 Å². The minimum Gasteiger partial charge on any atom is -0.299 e. The first-order chi connectivity index (χ1) is 5.41. The smallest absolute Gasteiger partial charge is 0.143 e. The van der Waals surface area contributed by atoms with E-state index in [-0.39, 0.29) is 0 Å². The van der Waals surface area contributed by atoms with E-state index >= 15 is 0 Å². The van der Waals surface area contributed by atoms with Gasteiger partial charge in [0, 0.05) is 6.42 Å². The average molecular weight is 146 g/mol. The SMILES string of the molecule is CCCC#CC#CC=CC=O. The number of hydrogen-bond donors (Lipinski definition) is 0. The van der Waals surface area contributed by atoms with Crippen molar-refractivity contribution in [1.29, 1.82) is 0 Å². The van der Waals surface area contributed by atoms with Crippen LogP contribution in [0.1, 0.15) is 19.8 Å². The highest BCUT2D eigenvalue weighted by molar-refractivity contribution is 5.65. The zero-order chi connectivity index (χ0) is 8.36. The first-order valence-electron chi connectivity index (χ1n) is 3.50. The predicted octanol–water partition coefficient (Wildman–Crippen LogP) is 1.55. The molecule has 0 aromatic heterocycles. The largest absolute Gasteiger partial charge is 0.299 e. The number of unbranched alkanes of at least 4 members (excludes halogenated alkanes) is 1. The molecule has 0 saturated heterocycles. The van der Waals surface area contributed by atoms with E-state index in [1.807, 2.05) is 0 Å². The van der Waals surface area contributed by atoms with Gasteiger partial charge in [-0.15, -0.1) is 0 Å². The molecule has 0 atom stereocenters. The lowest BCUT2D eigenvalue weighted by Gasteiger charge is -1.72. The van der Waals surface area contributed by atoms with E-state index in [0.717, 1.165) is 12.8 Å². The lowest BCUT2D eigenvalue weighted by atomic mass is 10.3. The van der Waals surface area contributed by atoms with E-state index in [1.165, 1.54) is 12.2 Å². The summed E-state index contributed by atoms with van der Waals surface area (Å²) in [6.45, 7) is 2.06.